The van der Waals surface area contributed by atoms with Crippen LogP contribution in [0.3, 0.4) is 0 Å². The fourth-order valence-corrected chi connectivity index (χ4v) is 4.72. The van der Waals surface area contributed by atoms with E-state index in [4.69, 9.17) is 14.7 Å². The standard InChI is InChI=1S/C17H20N5O9PS.2Na/c1-9-2-4-10(5-3-9)33(27,28)31-14-13(23)11(6-29-32(24,25)26)30-17(14)22-8-21-12-15(18)19-7-20-16(12)22;;/h2-5,7-8,11,13-14,17,23H,6H2,1H3,(H2,18,19,20)(H2,24,25,26);;/q;2*+1/p-2/t11-,13-,14-,17-;;/m1../s1. The summed E-state index contributed by atoms with van der Waals surface area (Å²) in [5.74, 6) is 0.0422. The number of hydrogen-bond acceptors (Lipinski definition) is 13. The second kappa shape index (κ2) is 11.9. The summed E-state index contributed by atoms with van der Waals surface area (Å²) in [4.78, 5) is 33.5. The molecule has 0 amide bonds. The first-order valence-corrected chi connectivity index (χ1v) is 12.3. The summed E-state index contributed by atoms with van der Waals surface area (Å²) in [6.45, 7) is 0.908. The van der Waals surface area contributed by atoms with Gasteiger partial charge in [-0.15, -0.1) is 0 Å². The Labute approximate surface area is 244 Å². The maximum Gasteiger partial charge on any atom is 1.00 e. The van der Waals surface area contributed by atoms with Gasteiger partial charge >= 0.3 is 59.1 Å². The first-order chi connectivity index (χ1) is 15.5. The summed E-state index contributed by atoms with van der Waals surface area (Å²) in [5, 5.41) is 10.7. The van der Waals surface area contributed by atoms with Gasteiger partial charge in [-0.2, -0.15) is 8.42 Å². The number of aryl methyl sites for hydroxylation is 1. The minimum Gasteiger partial charge on any atom is -0.790 e. The molecule has 2 aromatic heterocycles. The largest absolute Gasteiger partial charge is 1.00 e. The van der Waals surface area contributed by atoms with Crippen molar-refractivity contribution >= 4 is 34.9 Å². The number of imidazole rings is 1. The van der Waals surface area contributed by atoms with Crippen molar-refractivity contribution < 1.29 is 100 Å². The molecule has 0 radical (unpaired) electrons. The molecule has 3 aromatic rings. The number of phosphoric acid groups is 1. The molecule has 0 bridgehead atoms. The summed E-state index contributed by atoms with van der Waals surface area (Å²) < 4.78 is 53.0. The molecule has 3 heterocycles. The molecule has 1 aliphatic rings. The van der Waals surface area contributed by atoms with Crippen LogP contribution in [0.25, 0.3) is 11.2 Å². The number of nitrogens with zero attached hydrogens (tertiary/aromatic N) is 4. The number of aromatic nitrogens is 4. The number of benzene rings is 1. The Balaban J connectivity index is 0.00000216. The molecule has 3 N–H and O–H groups in total. The van der Waals surface area contributed by atoms with Gasteiger partial charge in [-0.3, -0.25) is 8.75 Å². The number of rotatable bonds is 7. The molecule has 0 aliphatic carbocycles. The molecular formula is C17H18N5Na2O9PS. The van der Waals surface area contributed by atoms with E-state index in [1.54, 1.807) is 19.1 Å². The van der Waals surface area contributed by atoms with Gasteiger partial charge in [0.05, 0.1) is 25.7 Å². The van der Waals surface area contributed by atoms with E-state index in [0.717, 1.165) is 11.9 Å². The van der Waals surface area contributed by atoms with Crippen molar-refractivity contribution in [2.75, 3.05) is 12.3 Å². The summed E-state index contributed by atoms with van der Waals surface area (Å²) in [5.41, 5.74) is 6.91. The number of aliphatic hydroxyl groups excluding tert-OH is 1. The van der Waals surface area contributed by atoms with E-state index in [9.17, 15) is 27.9 Å². The first kappa shape index (κ1) is 30.7. The predicted octanol–water partition coefficient (Wildman–Crippen LogP) is -7.40. The van der Waals surface area contributed by atoms with E-state index in [1.165, 1.54) is 23.0 Å². The zero-order valence-electron chi connectivity index (χ0n) is 18.9. The summed E-state index contributed by atoms with van der Waals surface area (Å²) in [7, 11) is -9.79. The van der Waals surface area contributed by atoms with Crippen molar-refractivity contribution in [3.8, 4) is 0 Å². The SMILES string of the molecule is Cc1ccc(S(=O)(=O)O[C@@H]2[C@H](O)[C@@H](COP(=O)([O-])[O-])O[C@H]2n2cnc3c(N)ncnc32)cc1.[Na+].[Na+]. The van der Waals surface area contributed by atoms with Crippen LogP contribution in [0.5, 0.6) is 0 Å². The third-order valence-electron chi connectivity index (χ3n) is 4.92. The second-order valence-corrected chi connectivity index (χ2v) is 9.93. The molecule has 178 valence electrons. The summed E-state index contributed by atoms with van der Waals surface area (Å²) >= 11 is 0. The van der Waals surface area contributed by atoms with E-state index >= 15 is 0 Å². The Morgan fingerprint density at radius 1 is 1.20 bits per heavy atom. The monoisotopic (exact) mass is 545 g/mol. The van der Waals surface area contributed by atoms with Gasteiger partial charge in [0.15, 0.2) is 23.8 Å². The molecule has 1 fully saturated rings. The Morgan fingerprint density at radius 2 is 1.86 bits per heavy atom. The fourth-order valence-electron chi connectivity index (χ4n) is 3.31. The van der Waals surface area contributed by atoms with E-state index in [2.05, 4.69) is 19.5 Å². The van der Waals surface area contributed by atoms with Crippen LogP contribution in [0.4, 0.5) is 5.82 Å². The second-order valence-electron chi connectivity index (χ2n) is 7.21. The smallest absolute Gasteiger partial charge is 0.790 e. The van der Waals surface area contributed by atoms with Gasteiger partial charge in [0, 0.05) is 0 Å². The van der Waals surface area contributed by atoms with E-state index in [1.807, 2.05) is 0 Å². The number of anilines is 1. The molecule has 18 heteroatoms. The van der Waals surface area contributed by atoms with Gasteiger partial charge in [-0.1, -0.05) is 17.7 Å². The Kier molecular flexibility index (Phi) is 10.5. The van der Waals surface area contributed by atoms with Crippen molar-refractivity contribution in [2.24, 2.45) is 0 Å². The molecule has 4 rings (SSSR count). The predicted molar refractivity (Wildman–Crippen MR) is 106 cm³/mol. The van der Waals surface area contributed by atoms with E-state index in [-0.39, 0.29) is 81.0 Å². The van der Waals surface area contributed by atoms with Crippen LogP contribution in [0.1, 0.15) is 11.8 Å². The molecule has 14 nitrogen and oxygen atoms in total. The van der Waals surface area contributed by atoms with E-state index in [0.29, 0.717) is 0 Å². The third-order valence-corrected chi connectivity index (χ3v) is 6.71. The van der Waals surface area contributed by atoms with Gasteiger partial charge in [-0.05, 0) is 19.1 Å². The van der Waals surface area contributed by atoms with Gasteiger partial charge < -0.3 is 34.5 Å². The Bertz CT molecular complexity index is 1320. The number of nitrogen functional groups attached to an aromatic ring is 1. The fraction of sp³-hybridized carbons (Fsp3) is 0.353. The number of hydrogen-bond donors (Lipinski definition) is 2. The Hall–Kier alpha value is -0.490. The molecule has 35 heavy (non-hydrogen) atoms. The van der Waals surface area contributed by atoms with Crippen LogP contribution in [0.15, 0.2) is 41.8 Å². The normalized spacial score (nSPS) is 22.5. The van der Waals surface area contributed by atoms with E-state index < -0.39 is 49.1 Å². The topological polar surface area (TPSA) is 215 Å². The average molecular weight is 545 g/mol. The van der Waals surface area contributed by atoms with Gasteiger partial charge in [0.25, 0.3) is 10.1 Å². The van der Waals surface area contributed by atoms with Crippen molar-refractivity contribution in [3.05, 3.63) is 42.5 Å². The minimum absolute atomic E-state index is 0. The minimum atomic E-state index is -5.39. The number of fused-ring (bicyclic) bond motifs is 1. The summed E-state index contributed by atoms with van der Waals surface area (Å²) in [6, 6.07) is 5.78. The summed E-state index contributed by atoms with van der Waals surface area (Å²) in [6.07, 6.45) is -3.72. The van der Waals surface area contributed by atoms with Crippen molar-refractivity contribution in [3.63, 3.8) is 0 Å². The molecule has 1 aromatic carbocycles. The molecule has 1 aliphatic heterocycles. The average Bonchev–Trinajstić information content (AvgIpc) is 3.29. The van der Waals surface area contributed by atoms with Gasteiger partial charge in [-0.25, -0.2) is 15.0 Å². The zero-order valence-corrected chi connectivity index (χ0v) is 24.6. The number of nitrogens with two attached hydrogens (primary N) is 1. The Morgan fingerprint density at radius 3 is 2.49 bits per heavy atom. The molecule has 4 atom stereocenters. The maximum absolute atomic E-state index is 12.9. The number of ether oxygens (including phenoxy) is 1. The quantitative estimate of drug-likeness (QED) is 0.161. The number of phosphoric ester groups is 1. The van der Waals surface area contributed by atoms with Crippen LogP contribution < -0.4 is 74.6 Å². The van der Waals surface area contributed by atoms with Gasteiger partial charge in [0.2, 0.25) is 0 Å². The van der Waals surface area contributed by atoms with Gasteiger partial charge in [0.1, 0.15) is 24.1 Å². The van der Waals surface area contributed by atoms with Crippen LogP contribution in [-0.2, 0) is 28.1 Å². The first-order valence-electron chi connectivity index (χ1n) is 9.39. The van der Waals surface area contributed by atoms with Crippen molar-refractivity contribution in [1.82, 2.24) is 19.5 Å². The van der Waals surface area contributed by atoms with Crippen LogP contribution >= 0.6 is 7.82 Å². The van der Waals surface area contributed by atoms with Crippen LogP contribution in [0, 0.1) is 6.92 Å². The molecule has 1 saturated heterocycles. The maximum atomic E-state index is 12.9. The molecule has 0 unspecified atom stereocenters. The molecular weight excluding hydrogens is 527 g/mol. The van der Waals surface area contributed by atoms with Crippen LogP contribution in [-0.4, -0.2) is 58.0 Å². The van der Waals surface area contributed by atoms with Crippen LogP contribution in [0.2, 0.25) is 0 Å². The molecule has 0 spiro atoms. The van der Waals surface area contributed by atoms with Crippen molar-refractivity contribution in [1.29, 1.82) is 0 Å². The zero-order chi connectivity index (χ0) is 24.0. The van der Waals surface area contributed by atoms with Crippen molar-refractivity contribution in [2.45, 2.75) is 36.4 Å². The third kappa shape index (κ3) is 6.89. The number of aliphatic hydroxyl groups is 1. The molecule has 0 saturated carbocycles.